The molecule has 3 heterocycles. The lowest BCUT2D eigenvalue weighted by molar-refractivity contribution is -0.143. The minimum Gasteiger partial charge on any atom is -0.350 e. The molecule has 3 atom stereocenters. The van der Waals surface area contributed by atoms with Gasteiger partial charge in [-0.25, -0.2) is 4.98 Å². The monoisotopic (exact) mass is 530 g/mol. The second-order valence-corrected chi connectivity index (χ2v) is 11.7. The van der Waals surface area contributed by atoms with E-state index in [4.69, 9.17) is 0 Å². The molecule has 0 unspecified atom stereocenters. The lowest BCUT2D eigenvalue weighted by Gasteiger charge is -2.35. The normalized spacial score (nSPS) is 19.7. The summed E-state index contributed by atoms with van der Waals surface area (Å²) in [4.78, 5) is 49.3. The summed E-state index contributed by atoms with van der Waals surface area (Å²) in [5.41, 5.74) is 6.56. The molecule has 7 nitrogen and oxygen atoms in total. The van der Waals surface area contributed by atoms with E-state index in [0.29, 0.717) is 31.6 Å². The number of benzene rings is 2. The summed E-state index contributed by atoms with van der Waals surface area (Å²) in [6.45, 7) is 9.31. The number of amides is 3. The minimum absolute atomic E-state index is 0.0823. The fourth-order valence-corrected chi connectivity index (χ4v) is 6.46. The largest absolute Gasteiger partial charge is 0.350 e. The molecule has 0 spiro atoms. The van der Waals surface area contributed by atoms with E-state index < -0.39 is 12.1 Å². The van der Waals surface area contributed by atoms with E-state index in [1.54, 1.807) is 21.1 Å². The summed E-state index contributed by atoms with van der Waals surface area (Å²) >= 11 is 1.61. The second-order valence-electron chi connectivity index (χ2n) is 10.8. The van der Waals surface area contributed by atoms with Gasteiger partial charge in [0.25, 0.3) is 5.91 Å². The first-order chi connectivity index (χ1) is 18.2. The van der Waals surface area contributed by atoms with Gasteiger partial charge in [-0.1, -0.05) is 63.2 Å². The van der Waals surface area contributed by atoms with E-state index in [-0.39, 0.29) is 29.6 Å². The Morgan fingerprint density at radius 3 is 2.53 bits per heavy atom. The van der Waals surface area contributed by atoms with E-state index in [0.717, 1.165) is 27.3 Å². The zero-order valence-electron chi connectivity index (χ0n) is 22.3. The van der Waals surface area contributed by atoms with Gasteiger partial charge in [-0.05, 0) is 47.9 Å². The van der Waals surface area contributed by atoms with Gasteiger partial charge in [0.05, 0.1) is 16.1 Å². The van der Waals surface area contributed by atoms with Crippen molar-refractivity contribution >= 4 is 29.1 Å². The molecule has 0 aliphatic carbocycles. The molecular formula is C30H34N4O3S. The predicted octanol–water partition coefficient (Wildman–Crippen LogP) is 4.65. The molecule has 0 radical (unpaired) electrons. The average molecular weight is 531 g/mol. The summed E-state index contributed by atoms with van der Waals surface area (Å²) in [5, 5.41) is 3.05. The van der Waals surface area contributed by atoms with Gasteiger partial charge in [0, 0.05) is 25.2 Å². The van der Waals surface area contributed by atoms with Gasteiger partial charge in [-0.2, -0.15) is 0 Å². The number of nitrogens with one attached hydrogen (secondary N) is 1. The molecule has 8 heteroatoms. The summed E-state index contributed by atoms with van der Waals surface area (Å²) in [6, 6.07) is 14.5. The van der Waals surface area contributed by atoms with Crippen molar-refractivity contribution in [3.63, 3.8) is 0 Å². The number of hydrogen-bond donors (Lipinski definition) is 1. The average Bonchev–Trinajstić information content (AvgIpc) is 3.60. The van der Waals surface area contributed by atoms with Crippen LogP contribution in [0.2, 0.25) is 0 Å². The molecule has 0 saturated carbocycles. The summed E-state index contributed by atoms with van der Waals surface area (Å²) in [6.07, 6.45) is 0.611. The smallest absolute Gasteiger partial charge is 0.255 e. The number of hydrogen-bond acceptors (Lipinski definition) is 5. The Morgan fingerprint density at radius 2 is 1.87 bits per heavy atom. The predicted molar refractivity (Wildman–Crippen MR) is 148 cm³/mol. The molecule has 1 N–H and O–H groups in total. The number of aryl methyl sites for hydroxylation is 1. The Morgan fingerprint density at radius 1 is 1.13 bits per heavy atom. The summed E-state index contributed by atoms with van der Waals surface area (Å²) in [7, 11) is 0. The van der Waals surface area contributed by atoms with Gasteiger partial charge in [-0.3, -0.25) is 14.4 Å². The van der Waals surface area contributed by atoms with Crippen molar-refractivity contribution in [1.29, 1.82) is 0 Å². The number of nitrogens with zero attached hydrogens (tertiary/aromatic N) is 3. The molecule has 0 bridgehead atoms. The standard InChI is InChI=1S/C30H34N4O3S/c1-18(2)26(34-16-23-7-5-6-8-24(23)29(34)36)30(37)33-15-19(3)13-25(33)28(35)31-14-21-9-11-22(12-10-21)27-20(4)32-17-38-27/h5-12,17-19,25-26H,13-16H2,1-4H3,(H,31,35)/t19-,25+,26+/m1/s1. The van der Waals surface area contributed by atoms with Gasteiger partial charge < -0.3 is 15.1 Å². The van der Waals surface area contributed by atoms with Crippen LogP contribution >= 0.6 is 11.3 Å². The fourth-order valence-electron chi connectivity index (χ4n) is 5.65. The molecule has 3 amide bonds. The third kappa shape index (κ3) is 4.97. The van der Waals surface area contributed by atoms with Crippen LogP contribution in [0.3, 0.4) is 0 Å². The van der Waals surface area contributed by atoms with Gasteiger partial charge in [0.1, 0.15) is 12.1 Å². The molecule has 3 aromatic rings. The first kappa shape index (κ1) is 26.1. The van der Waals surface area contributed by atoms with Gasteiger partial charge in [0.2, 0.25) is 11.8 Å². The highest BCUT2D eigenvalue weighted by atomic mass is 32.1. The van der Waals surface area contributed by atoms with Crippen LogP contribution in [0.1, 0.15) is 54.4 Å². The SMILES string of the molecule is Cc1ncsc1-c1ccc(CNC(=O)[C@@H]2C[C@@H](C)CN2C(=O)[C@H](C(C)C)N2Cc3ccccc3C2=O)cc1. The third-order valence-electron chi connectivity index (χ3n) is 7.59. The van der Waals surface area contributed by atoms with Crippen LogP contribution in [0, 0.1) is 18.8 Å². The zero-order chi connectivity index (χ0) is 27.0. The molecule has 1 saturated heterocycles. The molecule has 2 aliphatic rings. The molecule has 2 aromatic carbocycles. The van der Waals surface area contributed by atoms with E-state index in [1.165, 1.54) is 0 Å². The Bertz CT molecular complexity index is 1350. The Kier molecular flexibility index (Phi) is 7.34. The zero-order valence-corrected chi connectivity index (χ0v) is 23.1. The van der Waals surface area contributed by atoms with E-state index in [1.807, 2.05) is 74.8 Å². The number of fused-ring (bicyclic) bond motifs is 1. The maximum Gasteiger partial charge on any atom is 0.255 e. The van der Waals surface area contributed by atoms with Crippen molar-refractivity contribution in [2.45, 2.75) is 59.3 Å². The lowest BCUT2D eigenvalue weighted by Crippen LogP contribution is -2.55. The lowest BCUT2D eigenvalue weighted by atomic mass is 10.0. The number of thiazole rings is 1. The van der Waals surface area contributed by atoms with Crippen LogP contribution in [-0.4, -0.2) is 51.1 Å². The first-order valence-corrected chi connectivity index (χ1v) is 14.1. The van der Waals surface area contributed by atoms with Crippen LogP contribution in [-0.2, 0) is 22.7 Å². The Hall–Kier alpha value is -3.52. The number of carbonyl (C=O) groups excluding carboxylic acids is 3. The molecule has 5 rings (SSSR count). The van der Waals surface area contributed by atoms with Crippen LogP contribution in [0.4, 0.5) is 0 Å². The van der Waals surface area contributed by atoms with Crippen LogP contribution in [0.15, 0.2) is 54.0 Å². The Balaban J connectivity index is 1.27. The number of aromatic nitrogens is 1. The highest BCUT2D eigenvalue weighted by Gasteiger charge is 2.45. The number of likely N-dealkylation sites (tertiary alicyclic amines) is 1. The summed E-state index contributed by atoms with van der Waals surface area (Å²) in [5.74, 6) is -0.284. The van der Waals surface area contributed by atoms with Gasteiger partial charge in [0.15, 0.2) is 0 Å². The van der Waals surface area contributed by atoms with Gasteiger partial charge >= 0.3 is 0 Å². The molecule has 38 heavy (non-hydrogen) atoms. The van der Waals surface area contributed by atoms with E-state index in [9.17, 15) is 14.4 Å². The van der Waals surface area contributed by atoms with Crippen LogP contribution < -0.4 is 5.32 Å². The maximum absolute atomic E-state index is 13.9. The quantitative estimate of drug-likeness (QED) is 0.482. The topological polar surface area (TPSA) is 82.6 Å². The molecule has 198 valence electrons. The van der Waals surface area contributed by atoms with Crippen molar-refractivity contribution in [3.8, 4) is 10.4 Å². The van der Waals surface area contributed by atoms with Crippen LogP contribution in [0.25, 0.3) is 10.4 Å². The molecular weight excluding hydrogens is 496 g/mol. The second kappa shape index (κ2) is 10.7. The molecule has 1 fully saturated rings. The van der Waals surface area contributed by atoms with Crippen molar-refractivity contribution in [2.24, 2.45) is 11.8 Å². The molecule has 1 aromatic heterocycles. The number of rotatable bonds is 7. The van der Waals surface area contributed by atoms with Crippen molar-refractivity contribution < 1.29 is 14.4 Å². The molecule has 2 aliphatic heterocycles. The summed E-state index contributed by atoms with van der Waals surface area (Å²) < 4.78 is 0. The van der Waals surface area contributed by atoms with E-state index in [2.05, 4.69) is 17.2 Å². The minimum atomic E-state index is -0.613. The Labute approximate surface area is 227 Å². The first-order valence-electron chi connectivity index (χ1n) is 13.2. The fraction of sp³-hybridized carbons (Fsp3) is 0.400. The highest BCUT2D eigenvalue weighted by Crippen LogP contribution is 2.31. The van der Waals surface area contributed by atoms with Crippen molar-refractivity contribution in [2.75, 3.05) is 6.54 Å². The van der Waals surface area contributed by atoms with Crippen molar-refractivity contribution in [1.82, 2.24) is 20.1 Å². The van der Waals surface area contributed by atoms with E-state index >= 15 is 0 Å². The highest BCUT2D eigenvalue weighted by molar-refractivity contribution is 7.13. The third-order valence-corrected chi connectivity index (χ3v) is 8.57. The maximum atomic E-state index is 13.9. The van der Waals surface area contributed by atoms with Gasteiger partial charge in [-0.15, -0.1) is 11.3 Å². The van der Waals surface area contributed by atoms with Crippen LogP contribution in [0.5, 0.6) is 0 Å². The van der Waals surface area contributed by atoms with Crippen molar-refractivity contribution in [3.05, 3.63) is 76.4 Å². The number of carbonyl (C=O) groups is 3.